The number of hydrogen-bond acceptors (Lipinski definition) is 11. The lowest BCUT2D eigenvalue weighted by Gasteiger charge is -2.31. The minimum absolute atomic E-state index is 0.0207. The molecule has 0 amide bonds. The molecule has 0 saturated carbocycles. The maximum Gasteiger partial charge on any atom is 0.513 e. The van der Waals surface area contributed by atoms with Gasteiger partial charge in [0.15, 0.2) is 0 Å². The summed E-state index contributed by atoms with van der Waals surface area (Å²) in [6, 6.07) is 5.78. The molecule has 1 aromatic carbocycles. The lowest BCUT2D eigenvalue weighted by molar-refractivity contribution is -0.384. The number of non-ortho nitro benzene ring substituents is 1. The number of allylic oxidation sites excluding steroid dienone is 2. The van der Waals surface area contributed by atoms with Crippen LogP contribution in [-0.4, -0.2) is 56.9 Å². The van der Waals surface area contributed by atoms with E-state index in [1.165, 1.54) is 18.2 Å². The van der Waals surface area contributed by atoms with Gasteiger partial charge in [0, 0.05) is 25.3 Å². The fourth-order valence-corrected chi connectivity index (χ4v) is 3.60. The molecule has 1 heterocycles. The van der Waals surface area contributed by atoms with Crippen LogP contribution in [0.5, 0.6) is 0 Å². The van der Waals surface area contributed by atoms with E-state index < -0.39 is 23.2 Å². The van der Waals surface area contributed by atoms with Crippen LogP contribution in [-0.2, 0) is 28.4 Å². The monoisotopic (exact) mass is 536 g/mol. The first-order valence-electron chi connectivity index (χ1n) is 12.6. The van der Waals surface area contributed by atoms with Crippen LogP contribution in [0.25, 0.3) is 0 Å². The van der Waals surface area contributed by atoms with E-state index in [1.807, 2.05) is 20.8 Å². The highest BCUT2D eigenvalue weighted by Crippen LogP contribution is 2.41. The van der Waals surface area contributed by atoms with Crippen LogP contribution in [0.4, 0.5) is 15.3 Å². The van der Waals surface area contributed by atoms with Gasteiger partial charge in [-0.2, -0.15) is 0 Å². The van der Waals surface area contributed by atoms with Crippen molar-refractivity contribution in [3.63, 3.8) is 0 Å². The molecule has 0 saturated heterocycles. The maximum absolute atomic E-state index is 12.6. The quantitative estimate of drug-likeness (QED) is 0.135. The van der Waals surface area contributed by atoms with E-state index in [-0.39, 0.29) is 43.6 Å². The maximum atomic E-state index is 12.6. The van der Waals surface area contributed by atoms with Gasteiger partial charge in [-0.15, -0.1) is 0 Å². The summed E-state index contributed by atoms with van der Waals surface area (Å²) in [5, 5.41) is 14.6. The van der Waals surface area contributed by atoms with E-state index >= 15 is 0 Å². The Kier molecular flexibility index (Phi) is 13.1. The SMILES string of the molecule is CCCOCCOC(=O)OC1=C(C)NC(CC)=C(OC(=O)OCCOCCC)C1c1cccc([N+](=O)[O-])c1. The minimum Gasteiger partial charge on any atom is -0.432 e. The van der Waals surface area contributed by atoms with E-state index in [1.54, 1.807) is 13.0 Å². The Morgan fingerprint density at radius 3 is 2.00 bits per heavy atom. The Morgan fingerprint density at radius 1 is 0.895 bits per heavy atom. The van der Waals surface area contributed by atoms with Crippen molar-refractivity contribution in [2.75, 3.05) is 39.6 Å². The summed E-state index contributed by atoms with van der Waals surface area (Å²) in [7, 11) is 0. The van der Waals surface area contributed by atoms with Gasteiger partial charge in [-0.25, -0.2) is 9.59 Å². The Labute approximate surface area is 222 Å². The molecular weight excluding hydrogens is 500 g/mol. The minimum atomic E-state index is -0.994. The van der Waals surface area contributed by atoms with Gasteiger partial charge in [0.2, 0.25) is 0 Å². The second-order valence-electron chi connectivity index (χ2n) is 8.22. The summed E-state index contributed by atoms with van der Waals surface area (Å²) in [4.78, 5) is 36.0. The summed E-state index contributed by atoms with van der Waals surface area (Å²) < 4.78 is 32.0. The number of nitrogens with one attached hydrogen (secondary N) is 1. The molecule has 1 unspecified atom stereocenters. The van der Waals surface area contributed by atoms with Gasteiger partial charge in [0.05, 0.1) is 29.5 Å². The van der Waals surface area contributed by atoms with Crippen LogP contribution >= 0.6 is 0 Å². The van der Waals surface area contributed by atoms with Crippen molar-refractivity contribution >= 4 is 18.0 Å². The number of ether oxygens (including phenoxy) is 6. The zero-order valence-corrected chi connectivity index (χ0v) is 22.3. The highest BCUT2D eigenvalue weighted by Gasteiger charge is 2.37. The average Bonchev–Trinajstić information content (AvgIpc) is 2.90. The molecule has 1 atom stereocenters. The van der Waals surface area contributed by atoms with Gasteiger partial charge in [-0.3, -0.25) is 10.1 Å². The number of benzene rings is 1. The lowest BCUT2D eigenvalue weighted by atomic mass is 9.89. The van der Waals surface area contributed by atoms with Crippen LogP contribution in [0.2, 0.25) is 0 Å². The smallest absolute Gasteiger partial charge is 0.432 e. The molecule has 1 aliphatic heterocycles. The Hall–Kier alpha value is -3.64. The van der Waals surface area contributed by atoms with E-state index in [9.17, 15) is 19.7 Å². The molecule has 1 aromatic rings. The van der Waals surface area contributed by atoms with Crippen molar-refractivity contribution in [1.82, 2.24) is 5.32 Å². The first-order chi connectivity index (χ1) is 18.3. The van der Waals surface area contributed by atoms with Gasteiger partial charge >= 0.3 is 12.3 Å². The Bertz CT molecular complexity index is 1020. The number of carbonyl (C=O) groups is 2. The molecule has 210 valence electrons. The fourth-order valence-electron chi connectivity index (χ4n) is 3.60. The molecule has 0 aliphatic carbocycles. The first-order valence-corrected chi connectivity index (χ1v) is 12.6. The van der Waals surface area contributed by atoms with E-state index in [2.05, 4.69) is 5.32 Å². The second kappa shape index (κ2) is 16.3. The standard InChI is InChI=1S/C26H36N2O10/c1-5-11-33-13-15-35-25(29)37-23-18(4)27-21(7-3)24(38-26(30)36-16-14-34-12-6-2)22(23)19-9-8-10-20(17-19)28(31)32/h8-10,17,22,27H,5-7,11-16H2,1-4H3. The van der Waals surface area contributed by atoms with Crippen molar-refractivity contribution in [2.45, 2.75) is 52.9 Å². The number of nitro groups is 1. The highest BCUT2D eigenvalue weighted by atomic mass is 16.7. The third kappa shape index (κ3) is 9.34. The molecule has 0 fully saturated rings. The number of hydrogen-bond donors (Lipinski definition) is 1. The topological polar surface area (TPSA) is 145 Å². The molecule has 1 aliphatic rings. The van der Waals surface area contributed by atoms with Crippen LogP contribution < -0.4 is 5.32 Å². The number of dihydropyridines is 1. The molecule has 12 nitrogen and oxygen atoms in total. The first kappa shape index (κ1) is 30.6. The van der Waals surface area contributed by atoms with Crippen molar-refractivity contribution in [2.24, 2.45) is 0 Å². The molecule has 0 aromatic heterocycles. The predicted octanol–water partition coefficient (Wildman–Crippen LogP) is 5.29. The molecule has 2 rings (SSSR count). The second-order valence-corrected chi connectivity index (χ2v) is 8.22. The average molecular weight is 537 g/mol. The van der Waals surface area contributed by atoms with E-state index in [0.29, 0.717) is 36.6 Å². The summed E-state index contributed by atoms with van der Waals surface area (Å²) in [6.45, 7) is 8.87. The zero-order valence-electron chi connectivity index (χ0n) is 22.3. The van der Waals surface area contributed by atoms with Gasteiger partial charge in [-0.1, -0.05) is 32.9 Å². The summed E-state index contributed by atoms with van der Waals surface area (Å²) in [5.41, 5.74) is 1.16. The molecule has 38 heavy (non-hydrogen) atoms. The Morgan fingerprint density at radius 2 is 1.47 bits per heavy atom. The normalized spacial score (nSPS) is 15.1. The van der Waals surface area contributed by atoms with Gasteiger partial charge in [-0.05, 0) is 31.7 Å². The van der Waals surface area contributed by atoms with Crippen LogP contribution in [0.3, 0.4) is 0 Å². The highest BCUT2D eigenvalue weighted by molar-refractivity contribution is 5.65. The van der Waals surface area contributed by atoms with Gasteiger partial charge in [0.25, 0.3) is 5.69 Å². The molecule has 1 N–H and O–H groups in total. The number of carbonyl (C=O) groups excluding carboxylic acids is 2. The van der Waals surface area contributed by atoms with Crippen LogP contribution in [0.1, 0.15) is 58.4 Å². The van der Waals surface area contributed by atoms with Crippen molar-refractivity contribution in [1.29, 1.82) is 0 Å². The summed E-state index contributed by atoms with van der Waals surface area (Å²) in [5.74, 6) is -0.817. The third-order valence-electron chi connectivity index (χ3n) is 5.28. The largest absolute Gasteiger partial charge is 0.513 e. The van der Waals surface area contributed by atoms with Crippen LogP contribution in [0, 0.1) is 10.1 Å². The lowest BCUT2D eigenvalue weighted by Crippen LogP contribution is -2.30. The molecule has 0 radical (unpaired) electrons. The molecular formula is C26H36N2O10. The van der Waals surface area contributed by atoms with Crippen molar-refractivity contribution in [3.05, 3.63) is 62.9 Å². The zero-order chi connectivity index (χ0) is 27.9. The van der Waals surface area contributed by atoms with Gasteiger partial charge in [0.1, 0.15) is 30.6 Å². The fraction of sp³-hybridized carbons (Fsp3) is 0.538. The number of nitro benzene ring substituents is 1. The van der Waals surface area contributed by atoms with Gasteiger partial charge < -0.3 is 33.7 Å². The Balaban J connectivity index is 2.33. The third-order valence-corrected chi connectivity index (χ3v) is 5.28. The van der Waals surface area contributed by atoms with Crippen molar-refractivity contribution < 1.29 is 42.9 Å². The summed E-state index contributed by atoms with van der Waals surface area (Å²) >= 11 is 0. The number of nitrogens with zero attached hydrogens (tertiary/aromatic N) is 1. The van der Waals surface area contributed by atoms with Crippen molar-refractivity contribution in [3.8, 4) is 0 Å². The van der Waals surface area contributed by atoms with E-state index in [0.717, 1.165) is 12.8 Å². The molecule has 0 bridgehead atoms. The molecule has 0 spiro atoms. The summed E-state index contributed by atoms with van der Waals surface area (Å²) in [6.07, 6.45) is 0.0915. The van der Waals surface area contributed by atoms with E-state index in [4.69, 9.17) is 28.4 Å². The molecule has 12 heteroatoms. The number of rotatable bonds is 15. The van der Waals surface area contributed by atoms with Crippen LogP contribution in [0.15, 0.2) is 47.2 Å². The predicted molar refractivity (Wildman–Crippen MR) is 136 cm³/mol.